The maximum Gasteiger partial charge on any atom is 0.290 e. The number of carbonyl (C=O) groups is 1. The van der Waals surface area contributed by atoms with Crippen LogP contribution < -0.4 is 0 Å². The summed E-state index contributed by atoms with van der Waals surface area (Å²) >= 11 is 4.01. The molecule has 5 nitrogen and oxygen atoms in total. The summed E-state index contributed by atoms with van der Waals surface area (Å²) in [6, 6.07) is 12.2. The Kier molecular flexibility index (Phi) is 21.0. The van der Waals surface area contributed by atoms with Crippen LogP contribution in [0.5, 0.6) is 0 Å². The molecule has 7 heteroatoms. The second kappa shape index (κ2) is 22.1. The summed E-state index contributed by atoms with van der Waals surface area (Å²) in [5.74, 6) is 4.95. The third-order valence-corrected chi connectivity index (χ3v) is 5.75. The fourth-order valence-corrected chi connectivity index (χ4v) is 3.84. The van der Waals surface area contributed by atoms with Crippen molar-refractivity contribution in [2.24, 2.45) is 0 Å². The van der Waals surface area contributed by atoms with E-state index in [0.717, 1.165) is 25.2 Å². The molecule has 0 bridgehead atoms. The molecule has 0 saturated heterocycles. The SMILES string of the molecule is CCSCCCCc1ccccn1.CCSCCN(C)Cc1ccccn1.O=CO. The number of nitrogens with zero attached hydrogens (tertiary/aromatic N) is 3. The monoisotopic (exact) mass is 451 g/mol. The number of hydrogen-bond donors (Lipinski definition) is 1. The molecule has 2 aromatic heterocycles. The molecule has 0 aromatic carbocycles. The van der Waals surface area contributed by atoms with Crippen molar-refractivity contribution in [3.05, 3.63) is 60.2 Å². The van der Waals surface area contributed by atoms with Crippen LogP contribution in [-0.4, -0.2) is 63.1 Å². The minimum absolute atomic E-state index is 0.250. The van der Waals surface area contributed by atoms with Crippen molar-refractivity contribution in [2.75, 3.05) is 36.6 Å². The first-order valence-electron chi connectivity index (χ1n) is 10.4. The van der Waals surface area contributed by atoms with Crippen molar-refractivity contribution < 1.29 is 9.90 Å². The van der Waals surface area contributed by atoms with Crippen LogP contribution in [-0.2, 0) is 17.8 Å². The average Bonchev–Trinajstić information content (AvgIpc) is 2.76. The Bertz CT molecular complexity index is 604. The molecule has 0 fully saturated rings. The number of aryl methyl sites for hydroxylation is 1. The lowest BCUT2D eigenvalue weighted by Crippen LogP contribution is -2.21. The molecule has 0 spiro atoms. The molecule has 30 heavy (non-hydrogen) atoms. The number of unbranched alkanes of at least 4 members (excludes halogenated alkanes) is 1. The van der Waals surface area contributed by atoms with E-state index in [4.69, 9.17) is 9.90 Å². The quantitative estimate of drug-likeness (QED) is 0.355. The van der Waals surface area contributed by atoms with Crippen LogP contribution >= 0.6 is 23.5 Å². The van der Waals surface area contributed by atoms with Gasteiger partial charge >= 0.3 is 0 Å². The van der Waals surface area contributed by atoms with Gasteiger partial charge in [-0.2, -0.15) is 23.5 Å². The van der Waals surface area contributed by atoms with Crippen LogP contribution in [0.1, 0.15) is 38.1 Å². The Labute approximate surface area is 191 Å². The third kappa shape index (κ3) is 18.5. The van der Waals surface area contributed by atoms with Crippen LogP contribution in [0.3, 0.4) is 0 Å². The van der Waals surface area contributed by atoms with Gasteiger partial charge < -0.3 is 5.11 Å². The molecule has 1 N–H and O–H groups in total. The average molecular weight is 452 g/mol. The van der Waals surface area contributed by atoms with E-state index in [1.54, 1.807) is 0 Å². The molecule has 0 unspecified atom stereocenters. The van der Waals surface area contributed by atoms with E-state index in [0.29, 0.717) is 0 Å². The van der Waals surface area contributed by atoms with Crippen molar-refractivity contribution in [1.82, 2.24) is 14.9 Å². The summed E-state index contributed by atoms with van der Waals surface area (Å²) in [5.41, 5.74) is 2.38. The number of pyridine rings is 2. The van der Waals surface area contributed by atoms with Crippen LogP contribution in [0.15, 0.2) is 48.8 Å². The maximum absolute atomic E-state index is 8.36. The van der Waals surface area contributed by atoms with Crippen LogP contribution in [0.4, 0.5) is 0 Å². The van der Waals surface area contributed by atoms with Crippen molar-refractivity contribution in [3.63, 3.8) is 0 Å². The zero-order valence-corrected chi connectivity index (χ0v) is 20.2. The highest BCUT2D eigenvalue weighted by atomic mass is 32.2. The summed E-state index contributed by atoms with van der Waals surface area (Å²) in [6.45, 7) is 6.24. The Morgan fingerprint density at radius 1 is 0.933 bits per heavy atom. The van der Waals surface area contributed by atoms with Gasteiger partial charge in [0.1, 0.15) is 0 Å². The molecule has 168 valence electrons. The predicted molar refractivity (Wildman–Crippen MR) is 132 cm³/mol. The van der Waals surface area contributed by atoms with Gasteiger partial charge in [-0.1, -0.05) is 26.0 Å². The molecule has 0 aliphatic rings. The van der Waals surface area contributed by atoms with Gasteiger partial charge in [0.25, 0.3) is 6.47 Å². The number of rotatable bonds is 12. The fourth-order valence-electron chi connectivity index (χ4n) is 2.41. The Balaban J connectivity index is 0.000000497. The molecule has 2 heterocycles. The van der Waals surface area contributed by atoms with E-state index in [-0.39, 0.29) is 6.47 Å². The first kappa shape index (κ1) is 28.4. The van der Waals surface area contributed by atoms with E-state index >= 15 is 0 Å². The second-order valence-electron chi connectivity index (χ2n) is 6.34. The first-order chi connectivity index (χ1) is 14.7. The minimum Gasteiger partial charge on any atom is -0.483 e. The van der Waals surface area contributed by atoms with Gasteiger partial charge in [-0.3, -0.25) is 19.7 Å². The van der Waals surface area contributed by atoms with E-state index in [2.05, 4.69) is 54.0 Å². The summed E-state index contributed by atoms with van der Waals surface area (Å²) < 4.78 is 0. The lowest BCUT2D eigenvalue weighted by molar-refractivity contribution is -0.122. The smallest absolute Gasteiger partial charge is 0.290 e. The lowest BCUT2D eigenvalue weighted by Gasteiger charge is -2.15. The molecular weight excluding hydrogens is 414 g/mol. The molecule has 0 atom stereocenters. The van der Waals surface area contributed by atoms with Crippen LogP contribution in [0.25, 0.3) is 0 Å². The summed E-state index contributed by atoms with van der Waals surface area (Å²) in [5, 5.41) is 6.89. The zero-order valence-electron chi connectivity index (χ0n) is 18.6. The summed E-state index contributed by atoms with van der Waals surface area (Å²) in [4.78, 5) is 19.3. The summed E-state index contributed by atoms with van der Waals surface area (Å²) in [7, 11) is 2.14. The minimum atomic E-state index is -0.250. The van der Waals surface area contributed by atoms with E-state index in [9.17, 15) is 0 Å². The van der Waals surface area contributed by atoms with E-state index in [1.165, 1.54) is 41.5 Å². The highest BCUT2D eigenvalue weighted by Gasteiger charge is 1.99. The molecular formula is C23H37N3O2S2. The number of aromatic nitrogens is 2. The lowest BCUT2D eigenvalue weighted by atomic mass is 10.2. The first-order valence-corrected chi connectivity index (χ1v) is 12.7. The molecule has 0 aliphatic heterocycles. The van der Waals surface area contributed by atoms with Gasteiger partial charge in [0, 0.05) is 36.9 Å². The van der Waals surface area contributed by atoms with Gasteiger partial charge in [-0.15, -0.1) is 0 Å². The van der Waals surface area contributed by atoms with Crippen LogP contribution in [0.2, 0.25) is 0 Å². The van der Waals surface area contributed by atoms with Gasteiger partial charge in [0.15, 0.2) is 0 Å². The van der Waals surface area contributed by atoms with Gasteiger partial charge in [0.05, 0.1) is 5.69 Å². The number of hydrogen-bond acceptors (Lipinski definition) is 6. The molecule has 0 amide bonds. The van der Waals surface area contributed by atoms with E-state index in [1.807, 2.05) is 54.1 Å². The van der Waals surface area contributed by atoms with Crippen molar-refractivity contribution >= 4 is 30.0 Å². The number of thioether (sulfide) groups is 2. The largest absolute Gasteiger partial charge is 0.483 e. The zero-order chi connectivity index (χ0) is 22.3. The topological polar surface area (TPSA) is 66.3 Å². The predicted octanol–water partition coefficient (Wildman–Crippen LogP) is 5.12. The third-order valence-electron chi connectivity index (χ3n) is 3.88. The van der Waals surface area contributed by atoms with Crippen LogP contribution in [0, 0.1) is 0 Å². The van der Waals surface area contributed by atoms with Gasteiger partial charge in [0.2, 0.25) is 0 Å². The number of carboxylic acid groups (broad SMARTS) is 1. The molecule has 0 radical (unpaired) electrons. The summed E-state index contributed by atoms with van der Waals surface area (Å²) in [6.07, 6.45) is 7.43. The highest BCUT2D eigenvalue weighted by Crippen LogP contribution is 2.06. The van der Waals surface area contributed by atoms with Gasteiger partial charge in [-0.05, 0) is 67.8 Å². The van der Waals surface area contributed by atoms with Crippen molar-refractivity contribution in [2.45, 2.75) is 39.7 Å². The molecule has 0 saturated carbocycles. The molecule has 2 aromatic rings. The Hall–Kier alpha value is -1.57. The standard InChI is InChI=1S/C11H18N2S.C11H17NS.CH2O2/c1-3-14-9-8-13(2)10-11-6-4-5-7-12-11;1-2-13-10-6-4-8-11-7-3-5-9-12-11;2-1-3/h4-7H,3,8-10H2,1-2H3;3,5,7,9H,2,4,6,8,10H2,1H3;1H,(H,2,3). The highest BCUT2D eigenvalue weighted by molar-refractivity contribution is 7.99. The van der Waals surface area contributed by atoms with E-state index < -0.39 is 0 Å². The Morgan fingerprint density at radius 2 is 1.50 bits per heavy atom. The van der Waals surface area contributed by atoms with Gasteiger partial charge in [-0.25, -0.2) is 0 Å². The second-order valence-corrected chi connectivity index (χ2v) is 9.12. The molecule has 0 aliphatic carbocycles. The van der Waals surface area contributed by atoms with Crippen molar-refractivity contribution in [1.29, 1.82) is 0 Å². The van der Waals surface area contributed by atoms with Crippen molar-refractivity contribution in [3.8, 4) is 0 Å². The maximum atomic E-state index is 8.36. The normalized spacial score (nSPS) is 9.87. The molecule has 2 rings (SSSR count). The Morgan fingerprint density at radius 3 is 2.03 bits per heavy atom. The fraction of sp³-hybridized carbons (Fsp3) is 0.522.